The molecule has 0 saturated carbocycles. The zero-order valence-electron chi connectivity index (χ0n) is 11.4. The highest BCUT2D eigenvalue weighted by atomic mass is 35.5. The molecule has 110 valence electrons. The summed E-state index contributed by atoms with van der Waals surface area (Å²) in [5, 5.41) is 0. The van der Waals surface area contributed by atoms with E-state index in [9.17, 15) is 8.42 Å². The number of nitrogens with zero attached hydrogens (tertiary/aromatic N) is 1. The molecular formula is C12H26ClNO3S. The van der Waals surface area contributed by atoms with Crippen LogP contribution in [0.1, 0.15) is 39.0 Å². The van der Waals surface area contributed by atoms with E-state index >= 15 is 0 Å². The molecule has 0 aromatic heterocycles. The van der Waals surface area contributed by atoms with E-state index in [4.69, 9.17) is 4.18 Å². The van der Waals surface area contributed by atoms with Crippen LogP contribution in [0.3, 0.4) is 0 Å². The van der Waals surface area contributed by atoms with Crippen molar-refractivity contribution in [2.24, 2.45) is 5.92 Å². The van der Waals surface area contributed by atoms with Crippen LogP contribution in [-0.4, -0.2) is 45.8 Å². The molecular weight excluding hydrogens is 274 g/mol. The van der Waals surface area contributed by atoms with Crippen molar-refractivity contribution in [3.05, 3.63) is 0 Å². The van der Waals surface area contributed by atoms with Crippen LogP contribution in [0.4, 0.5) is 0 Å². The van der Waals surface area contributed by atoms with Gasteiger partial charge in [0.05, 0.1) is 12.9 Å². The molecule has 1 fully saturated rings. The molecule has 1 aliphatic rings. The monoisotopic (exact) mass is 299 g/mol. The third-order valence-electron chi connectivity index (χ3n) is 3.20. The summed E-state index contributed by atoms with van der Waals surface area (Å²) in [6.45, 7) is 5.84. The second kappa shape index (κ2) is 9.13. The summed E-state index contributed by atoms with van der Waals surface area (Å²) < 4.78 is 26.7. The quantitative estimate of drug-likeness (QED) is 0.534. The number of hydrogen-bond donors (Lipinski definition) is 0. The lowest BCUT2D eigenvalue weighted by Gasteiger charge is -2.32. The van der Waals surface area contributed by atoms with E-state index in [0.717, 1.165) is 38.7 Å². The van der Waals surface area contributed by atoms with Gasteiger partial charge in [-0.2, -0.15) is 8.42 Å². The molecule has 0 bridgehead atoms. The standard InChI is InChI=1S/C12H25NO3S.ClH/c1-3-4-5-8-13-9-6-7-12(10-13)11-16-17(2,14)15;/h12H,3-11H2,1-2H3;1H. The minimum atomic E-state index is -3.28. The summed E-state index contributed by atoms with van der Waals surface area (Å²) in [5.74, 6) is 0.375. The van der Waals surface area contributed by atoms with Crippen molar-refractivity contribution in [3.63, 3.8) is 0 Å². The van der Waals surface area contributed by atoms with Crippen molar-refractivity contribution in [1.82, 2.24) is 4.90 Å². The Morgan fingerprint density at radius 3 is 2.67 bits per heavy atom. The normalized spacial score (nSPS) is 21.6. The minimum Gasteiger partial charge on any atom is -0.303 e. The van der Waals surface area contributed by atoms with Crippen LogP contribution in [-0.2, 0) is 14.3 Å². The SMILES string of the molecule is CCCCCN1CCCC(COS(C)(=O)=O)C1.Cl. The first-order valence-corrected chi connectivity index (χ1v) is 8.39. The number of hydrogen-bond acceptors (Lipinski definition) is 4. The topological polar surface area (TPSA) is 46.6 Å². The molecule has 1 aliphatic heterocycles. The lowest BCUT2D eigenvalue weighted by Crippen LogP contribution is -2.38. The zero-order valence-corrected chi connectivity index (χ0v) is 13.1. The second-order valence-corrected chi connectivity index (χ2v) is 6.65. The van der Waals surface area contributed by atoms with Gasteiger partial charge in [-0.3, -0.25) is 4.18 Å². The van der Waals surface area contributed by atoms with Crippen LogP contribution < -0.4 is 0 Å². The summed E-state index contributed by atoms with van der Waals surface area (Å²) >= 11 is 0. The molecule has 0 radical (unpaired) electrons. The predicted octanol–water partition coefficient (Wildman–Crippen LogP) is 2.29. The molecule has 0 spiro atoms. The first kappa shape index (κ1) is 18.2. The van der Waals surface area contributed by atoms with Gasteiger partial charge in [0.25, 0.3) is 10.1 Å². The summed E-state index contributed by atoms with van der Waals surface area (Å²) in [6.07, 6.45) is 7.13. The predicted molar refractivity (Wildman–Crippen MR) is 76.7 cm³/mol. The molecule has 0 aromatic rings. The fraction of sp³-hybridized carbons (Fsp3) is 1.00. The van der Waals surface area contributed by atoms with E-state index in [0.29, 0.717) is 12.5 Å². The molecule has 4 nitrogen and oxygen atoms in total. The fourth-order valence-electron chi connectivity index (χ4n) is 2.30. The Bertz CT molecular complexity index is 308. The Balaban J connectivity index is 0.00000289. The van der Waals surface area contributed by atoms with Crippen molar-refractivity contribution < 1.29 is 12.6 Å². The molecule has 1 heterocycles. The molecule has 0 N–H and O–H groups in total. The van der Waals surface area contributed by atoms with Gasteiger partial charge >= 0.3 is 0 Å². The fourth-order valence-corrected chi connectivity index (χ4v) is 2.74. The van der Waals surface area contributed by atoms with Crippen molar-refractivity contribution in [3.8, 4) is 0 Å². The largest absolute Gasteiger partial charge is 0.303 e. The average molecular weight is 300 g/mol. The maximum atomic E-state index is 10.9. The van der Waals surface area contributed by atoms with Crippen molar-refractivity contribution in [2.75, 3.05) is 32.5 Å². The number of halogens is 1. The molecule has 1 rings (SSSR count). The van der Waals surface area contributed by atoms with E-state index in [2.05, 4.69) is 11.8 Å². The molecule has 18 heavy (non-hydrogen) atoms. The lowest BCUT2D eigenvalue weighted by atomic mass is 9.99. The van der Waals surface area contributed by atoms with Crippen molar-refractivity contribution >= 4 is 22.5 Å². The molecule has 1 atom stereocenters. The molecule has 0 amide bonds. The van der Waals surface area contributed by atoms with Crippen LogP contribution in [0, 0.1) is 5.92 Å². The maximum Gasteiger partial charge on any atom is 0.264 e. The van der Waals surface area contributed by atoms with Gasteiger partial charge in [0.1, 0.15) is 0 Å². The molecule has 1 saturated heterocycles. The van der Waals surface area contributed by atoms with Gasteiger partial charge < -0.3 is 4.90 Å². The van der Waals surface area contributed by atoms with E-state index in [1.807, 2.05) is 0 Å². The highest BCUT2D eigenvalue weighted by molar-refractivity contribution is 7.85. The van der Waals surface area contributed by atoms with Crippen molar-refractivity contribution in [1.29, 1.82) is 0 Å². The Kier molecular flexibility index (Phi) is 9.21. The first-order chi connectivity index (χ1) is 8.01. The number of unbranched alkanes of at least 4 members (excludes halogenated alkanes) is 2. The van der Waals surface area contributed by atoms with E-state index in [1.54, 1.807) is 0 Å². The van der Waals surface area contributed by atoms with Crippen LogP contribution in [0.25, 0.3) is 0 Å². The van der Waals surface area contributed by atoms with Gasteiger partial charge in [0.2, 0.25) is 0 Å². The number of piperidine rings is 1. The number of likely N-dealkylation sites (tertiary alicyclic amines) is 1. The highest BCUT2D eigenvalue weighted by Gasteiger charge is 2.20. The van der Waals surface area contributed by atoms with Crippen LogP contribution in [0.2, 0.25) is 0 Å². The van der Waals surface area contributed by atoms with Crippen LogP contribution in [0.15, 0.2) is 0 Å². The Hall–Kier alpha value is 0.160. The van der Waals surface area contributed by atoms with Gasteiger partial charge in [0, 0.05) is 6.54 Å². The maximum absolute atomic E-state index is 10.9. The van der Waals surface area contributed by atoms with Gasteiger partial charge in [-0.1, -0.05) is 19.8 Å². The molecule has 1 unspecified atom stereocenters. The Morgan fingerprint density at radius 2 is 2.06 bits per heavy atom. The van der Waals surface area contributed by atoms with Crippen LogP contribution >= 0.6 is 12.4 Å². The summed E-state index contributed by atoms with van der Waals surface area (Å²) in [7, 11) is -3.28. The summed E-state index contributed by atoms with van der Waals surface area (Å²) in [5.41, 5.74) is 0. The van der Waals surface area contributed by atoms with E-state index < -0.39 is 10.1 Å². The third kappa shape index (κ3) is 8.29. The Labute approximate surface area is 118 Å². The zero-order chi connectivity index (χ0) is 12.7. The summed E-state index contributed by atoms with van der Waals surface area (Å²) in [6, 6.07) is 0. The average Bonchev–Trinajstić information content (AvgIpc) is 2.27. The first-order valence-electron chi connectivity index (χ1n) is 6.58. The van der Waals surface area contributed by atoms with Crippen LogP contribution in [0.5, 0.6) is 0 Å². The van der Waals surface area contributed by atoms with Gasteiger partial charge in [0.15, 0.2) is 0 Å². The van der Waals surface area contributed by atoms with Gasteiger partial charge in [-0.25, -0.2) is 0 Å². The third-order valence-corrected chi connectivity index (χ3v) is 3.76. The molecule has 6 heteroatoms. The summed E-state index contributed by atoms with van der Waals surface area (Å²) in [4.78, 5) is 2.44. The Morgan fingerprint density at radius 1 is 1.33 bits per heavy atom. The number of rotatable bonds is 7. The minimum absolute atomic E-state index is 0. The van der Waals surface area contributed by atoms with E-state index in [1.165, 1.54) is 19.3 Å². The van der Waals surface area contributed by atoms with Gasteiger partial charge in [-0.15, -0.1) is 12.4 Å². The lowest BCUT2D eigenvalue weighted by molar-refractivity contribution is 0.131. The smallest absolute Gasteiger partial charge is 0.264 e. The molecule has 0 aromatic carbocycles. The van der Waals surface area contributed by atoms with Crippen molar-refractivity contribution in [2.45, 2.75) is 39.0 Å². The molecule has 0 aliphatic carbocycles. The second-order valence-electron chi connectivity index (χ2n) is 5.00. The van der Waals surface area contributed by atoms with E-state index in [-0.39, 0.29) is 12.4 Å². The highest BCUT2D eigenvalue weighted by Crippen LogP contribution is 2.17. The van der Waals surface area contributed by atoms with Gasteiger partial charge in [-0.05, 0) is 38.3 Å².